The maximum absolute atomic E-state index is 12.0. The summed E-state index contributed by atoms with van der Waals surface area (Å²) in [5.74, 6) is 2.19. The number of rotatable bonds is 7. The minimum absolute atomic E-state index is 0.00125. The van der Waals surface area contributed by atoms with Crippen molar-refractivity contribution in [3.8, 4) is 11.5 Å². The lowest BCUT2D eigenvalue weighted by Crippen LogP contribution is -2.56. The Morgan fingerprint density at radius 2 is 1.73 bits per heavy atom. The van der Waals surface area contributed by atoms with Crippen molar-refractivity contribution in [1.29, 1.82) is 0 Å². The summed E-state index contributed by atoms with van der Waals surface area (Å²) >= 11 is 0. The van der Waals surface area contributed by atoms with E-state index in [1.54, 1.807) is 31.6 Å². The van der Waals surface area contributed by atoms with E-state index in [4.69, 9.17) is 0 Å². The van der Waals surface area contributed by atoms with Crippen LogP contribution in [0.15, 0.2) is 67.0 Å². The number of amides is 1. The van der Waals surface area contributed by atoms with Crippen molar-refractivity contribution >= 4 is 34.9 Å². The van der Waals surface area contributed by atoms with Crippen LogP contribution < -0.4 is 26.2 Å². The number of carbonyl (C=O) groups is 1. The number of carbonyl (C=O) groups excluding carboxylic acids is 1. The summed E-state index contributed by atoms with van der Waals surface area (Å²) in [5, 5.41) is 12.4. The van der Waals surface area contributed by atoms with Gasteiger partial charge in [-0.15, -0.1) is 0 Å². The van der Waals surface area contributed by atoms with Gasteiger partial charge in [0, 0.05) is 56.1 Å². The first-order valence-corrected chi connectivity index (χ1v) is 12.0. The fraction of sp³-hybridized carbons (Fsp3) is 0.231. The van der Waals surface area contributed by atoms with Gasteiger partial charge in [-0.3, -0.25) is 4.79 Å². The molecule has 11 nitrogen and oxygen atoms in total. The Balaban J connectivity index is 1.24. The van der Waals surface area contributed by atoms with Gasteiger partial charge in [0.05, 0.1) is 0 Å². The van der Waals surface area contributed by atoms with Crippen molar-refractivity contribution in [2.75, 3.05) is 42.2 Å². The first kappa shape index (κ1) is 24.1. The van der Waals surface area contributed by atoms with Gasteiger partial charge in [0.25, 0.3) is 0 Å². The Morgan fingerprint density at radius 1 is 0.946 bits per heavy atom. The normalized spacial score (nSPS) is 15.2. The zero-order chi connectivity index (χ0) is 25.6. The molecule has 1 aromatic carbocycles. The average molecular weight is 497 g/mol. The number of piperazine rings is 1. The lowest BCUT2D eigenvalue weighted by molar-refractivity contribution is -0.122. The second kappa shape index (κ2) is 11.0. The van der Waals surface area contributed by atoms with Gasteiger partial charge in [0.1, 0.15) is 23.4 Å². The Morgan fingerprint density at radius 3 is 2.51 bits per heavy atom. The maximum atomic E-state index is 12.0. The predicted molar refractivity (Wildman–Crippen MR) is 143 cm³/mol. The fourth-order valence-electron chi connectivity index (χ4n) is 4.06. The highest BCUT2D eigenvalue weighted by Crippen LogP contribution is 2.22. The molecular formula is C26H28N10O. The molecule has 188 valence electrons. The molecule has 11 heteroatoms. The molecule has 5 rings (SSSR count). The van der Waals surface area contributed by atoms with Crippen molar-refractivity contribution in [2.24, 2.45) is 0 Å². The zero-order valence-corrected chi connectivity index (χ0v) is 20.6. The SMILES string of the molecule is CNC(=O)[C@@H]1CN(c2ccc(Nc3nccc(Nc4ccnc(-c5cccc(C)n5)n4)n3)cc2)CCN1. The summed E-state index contributed by atoms with van der Waals surface area (Å²) < 4.78 is 0. The van der Waals surface area contributed by atoms with Crippen LogP contribution in [-0.2, 0) is 4.79 Å². The predicted octanol–water partition coefficient (Wildman–Crippen LogP) is 2.65. The van der Waals surface area contributed by atoms with Crippen molar-refractivity contribution in [2.45, 2.75) is 13.0 Å². The number of aromatic nitrogens is 5. The van der Waals surface area contributed by atoms with Crippen molar-refractivity contribution in [1.82, 2.24) is 35.6 Å². The molecule has 1 atom stereocenters. The molecule has 3 aromatic heterocycles. The second-order valence-electron chi connectivity index (χ2n) is 8.56. The number of hydrogen-bond donors (Lipinski definition) is 4. The number of benzene rings is 1. The molecule has 37 heavy (non-hydrogen) atoms. The van der Waals surface area contributed by atoms with Crippen molar-refractivity contribution < 1.29 is 4.79 Å². The quantitative estimate of drug-likeness (QED) is 0.303. The summed E-state index contributed by atoms with van der Waals surface area (Å²) in [7, 11) is 1.66. The Labute approximate surface area is 214 Å². The van der Waals surface area contributed by atoms with Gasteiger partial charge >= 0.3 is 0 Å². The Hall–Kier alpha value is -4.64. The molecule has 0 aliphatic carbocycles. The number of pyridine rings is 1. The summed E-state index contributed by atoms with van der Waals surface area (Å²) in [6.45, 7) is 4.14. The highest BCUT2D eigenvalue weighted by Gasteiger charge is 2.24. The van der Waals surface area contributed by atoms with Crippen molar-refractivity contribution in [3.05, 3.63) is 72.7 Å². The number of anilines is 5. The van der Waals surface area contributed by atoms with Crippen LogP contribution in [-0.4, -0.2) is 63.6 Å². The number of likely N-dealkylation sites (N-methyl/N-ethyl adjacent to an activating group) is 1. The molecule has 0 unspecified atom stereocenters. The summed E-state index contributed by atoms with van der Waals surface area (Å²) in [5.41, 5.74) is 3.52. The van der Waals surface area contributed by atoms with Gasteiger partial charge in [0.2, 0.25) is 11.9 Å². The van der Waals surface area contributed by atoms with Crippen LogP contribution in [0.5, 0.6) is 0 Å². The third-order valence-electron chi connectivity index (χ3n) is 5.91. The van der Waals surface area contributed by atoms with E-state index in [9.17, 15) is 4.79 Å². The number of aryl methyl sites for hydroxylation is 1. The van der Waals surface area contributed by atoms with E-state index < -0.39 is 0 Å². The molecule has 4 N–H and O–H groups in total. The first-order chi connectivity index (χ1) is 18.1. The van der Waals surface area contributed by atoms with E-state index in [-0.39, 0.29) is 11.9 Å². The highest BCUT2D eigenvalue weighted by atomic mass is 16.2. The van der Waals surface area contributed by atoms with Crippen molar-refractivity contribution in [3.63, 3.8) is 0 Å². The third kappa shape index (κ3) is 5.96. The van der Waals surface area contributed by atoms with E-state index in [1.807, 2.05) is 49.4 Å². The van der Waals surface area contributed by atoms with Gasteiger partial charge in [-0.2, -0.15) is 4.98 Å². The third-order valence-corrected chi connectivity index (χ3v) is 5.91. The number of hydrogen-bond acceptors (Lipinski definition) is 10. The molecule has 0 bridgehead atoms. The smallest absolute Gasteiger partial charge is 0.238 e. The van der Waals surface area contributed by atoms with E-state index in [1.165, 1.54) is 0 Å². The Kier molecular flexibility index (Phi) is 7.13. The second-order valence-corrected chi connectivity index (χ2v) is 8.56. The molecule has 0 radical (unpaired) electrons. The molecule has 1 fully saturated rings. The van der Waals surface area contributed by atoms with E-state index in [0.717, 1.165) is 30.2 Å². The lowest BCUT2D eigenvalue weighted by atomic mass is 10.1. The van der Waals surface area contributed by atoms with Gasteiger partial charge in [0.15, 0.2) is 5.82 Å². The molecule has 1 aliphatic heterocycles. The van der Waals surface area contributed by atoms with Crippen LogP contribution in [0.3, 0.4) is 0 Å². The minimum atomic E-state index is -0.223. The van der Waals surface area contributed by atoms with E-state index in [0.29, 0.717) is 35.6 Å². The highest BCUT2D eigenvalue weighted by molar-refractivity contribution is 5.82. The monoisotopic (exact) mass is 496 g/mol. The molecule has 1 amide bonds. The maximum Gasteiger partial charge on any atom is 0.238 e. The van der Waals surface area contributed by atoms with Crippen LogP contribution in [0.25, 0.3) is 11.5 Å². The van der Waals surface area contributed by atoms with Gasteiger partial charge < -0.3 is 26.2 Å². The van der Waals surface area contributed by atoms with Gasteiger partial charge in [-0.05, 0) is 55.5 Å². The molecule has 4 aromatic rings. The minimum Gasteiger partial charge on any atom is -0.368 e. The average Bonchev–Trinajstić information content (AvgIpc) is 2.93. The topological polar surface area (TPSA) is 133 Å². The molecule has 4 heterocycles. The Bertz CT molecular complexity index is 1380. The zero-order valence-electron chi connectivity index (χ0n) is 20.6. The van der Waals surface area contributed by atoms with Crippen LogP contribution in [0.1, 0.15) is 5.69 Å². The molecule has 0 spiro atoms. The molecule has 0 saturated carbocycles. The summed E-state index contributed by atoms with van der Waals surface area (Å²) in [4.78, 5) is 36.5. The standard InChI is InChI=1S/C26H28N10O/c1-17-4-3-5-20(31-17)24-29-12-10-22(34-24)33-23-11-13-30-26(35-23)32-18-6-8-19(9-7-18)36-15-14-28-21(16-36)25(37)27-2/h3-13,21,28H,14-16H2,1-2H3,(H,27,37)(H2,29,30,32,33,34,35)/t21-/m0/s1. The summed E-state index contributed by atoms with van der Waals surface area (Å²) in [6, 6.07) is 17.1. The van der Waals surface area contributed by atoms with Gasteiger partial charge in [-0.1, -0.05) is 6.07 Å². The number of nitrogens with one attached hydrogen (secondary N) is 4. The van der Waals surface area contributed by atoms with Crippen LogP contribution >= 0.6 is 0 Å². The van der Waals surface area contributed by atoms with E-state index >= 15 is 0 Å². The largest absolute Gasteiger partial charge is 0.368 e. The van der Waals surface area contributed by atoms with Crippen LogP contribution in [0.4, 0.5) is 29.0 Å². The first-order valence-electron chi connectivity index (χ1n) is 12.0. The van der Waals surface area contributed by atoms with Gasteiger partial charge in [-0.25, -0.2) is 19.9 Å². The lowest BCUT2D eigenvalue weighted by Gasteiger charge is -2.34. The fourth-order valence-corrected chi connectivity index (χ4v) is 4.06. The van der Waals surface area contributed by atoms with Crippen LogP contribution in [0.2, 0.25) is 0 Å². The molecule has 1 saturated heterocycles. The molecular weight excluding hydrogens is 468 g/mol. The molecule has 1 aliphatic rings. The van der Waals surface area contributed by atoms with E-state index in [2.05, 4.69) is 51.1 Å². The van der Waals surface area contributed by atoms with Crippen LogP contribution in [0, 0.1) is 6.92 Å². The number of nitrogens with zero attached hydrogens (tertiary/aromatic N) is 6. The summed E-state index contributed by atoms with van der Waals surface area (Å²) in [6.07, 6.45) is 3.36.